The molecule has 15 heavy (non-hydrogen) atoms. The average molecular weight is 201 g/mol. The zero-order valence-electron chi connectivity index (χ0n) is 8.71. The first-order valence-electron chi connectivity index (χ1n) is 5.14. The highest BCUT2D eigenvalue weighted by Gasteiger charge is 2.42. The van der Waals surface area contributed by atoms with Gasteiger partial charge in [-0.05, 0) is 25.0 Å². The van der Waals surface area contributed by atoms with E-state index in [4.69, 9.17) is 4.74 Å². The fourth-order valence-electron chi connectivity index (χ4n) is 1.83. The molecule has 1 radical (unpaired) electrons. The summed E-state index contributed by atoms with van der Waals surface area (Å²) in [6.45, 7) is 2.23. The number of benzene rings is 1. The van der Waals surface area contributed by atoms with Crippen molar-refractivity contribution >= 4 is 11.0 Å². The molecule has 77 valence electrons. The van der Waals surface area contributed by atoms with Crippen LogP contribution in [0.1, 0.15) is 25.6 Å². The third kappa shape index (κ3) is 1.23. The van der Waals surface area contributed by atoms with E-state index in [1.165, 1.54) is 12.8 Å². The molecule has 1 fully saturated rings. The van der Waals surface area contributed by atoms with E-state index in [2.05, 4.69) is 24.0 Å². The monoisotopic (exact) mass is 201 g/mol. The third-order valence-electron chi connectivity index (χ3n) is 3.20. The molecule has 0 saturated heterocycles. The summed E-state index contributed by atoms with van der Waals surface area (Å²) < 4.78 is 5.04. The normalized spacial score (nSPS) is 18.0. The Morgan fingerprint density at radius 2 is 2.27 bits per heavy atom. The summed E-state index contributed by atoms with van der Waals surface area (Å²) in [5.74, 6) is 1.81. The van der Waals surface area contributed by atoms with E-state index >= 15 is 0 Å². The van der Waals surface area contributed by atoms with Gasteiger partial charge in [-0.2, -0.15) is 0 Å². The van der Waals surface area contributed by atoms with Gasteiger partial charge < -0.3 is 9.72 Å². The van der Waals surface area contributed by atoms with Crippen LogP contribution < -0.4 is 4.74 Å². The van der Waals surface area contributed by atoms with E-state index in [1.54, 1.807) is 0 Å². The SMILES string of the molecule is [CH2]Oc1cccc2[nH]c(C3(C)CC3)nc12. The summed E-state index contributed by atoms with van der Waals surface area (Å²) in [6, 6.07) is 5.84. The molecular formula is C12H13N2O. The highest BCUT2D eigenvalue weighted by atomic mass is 16.5. The lowest BCUT2D eigenvalue weighted by Gasteiger charge is -2.00. The summed E-state index contributed by atoms with van der Waals surface area (Å²) in [5, 5.41) is 0. The van der Waals surface area contributed by atoms with E-state index in [1.807, 2.05) is 18.2 Å². The molecule has 3 nitrogen and oxygen atoms in total. The molecule has 1 aromatic carbocycles. The Bertz CT molecular complexity index is 511. The molecule has 0 aliphatic heterocycles. The van der Waals surface area contributed by atoms with Crippen LogP contribution in [0, 0.1) is 7.11 Å². The van der Waals surface area contributed by atoms with Crippen molar-refractivity contribution in [2.45, 2.75) is 25.2 Å². The zero-order valence-corrected chi connectivity index (χ0v) is 8.71. The van der Waals surface area contributed by atoms with Crippen molar-refractivity contribution < 1.29 is 4.74 Å². The van der Waals surface area contributed by atoms with Crippen molar-refractivity contribution in [3.63, 3.8) is 0 Å². The number of imidazole rings is 1. The van der Waals surface area contributed by atoms with Crippen LogP contribution in [0.3, 0.4) is 0 Å². The van der Waals surface area contributed by atoms with E-state index < -0.39 is 0 Å². The summed E-state index contributed by atoms with van der Waals surface area (Å²) in [6.07, 6.45) is 2.43. The Labute approximate surface area is 88.5 Å². The highest BCUT2D eigenvalue weighted by molar-refractivity contribution is 5.82. The van der Waals surface area contributed by atoms with Crippen LogP contribution in [0.5, 0.6) is 5.75 Å². The molecule has 0 unspecified atom stereocenters. The fraction of sp³-hybridized carbons (Fsp3) is 0.333. The van der Waals surface area contributed by atoms with Gasteiger partial charge in [0.2, 0.25) is 0 Å². The molecule has 1 aliphatic rings. The van der Waals surface area contributed by atoms with Crippen LogP contribution in [0.2, 0.25) is 0 Å². The molecular weight excluding hydrogens is 188 g/mol. The van der Waals surface area contributed by atoms with Crippen LogP contribution in [-0.2, 0) is 5.41 Å². The second-order valence-electron chi connectivity index (χ2n) is 4.44. The molecule has 1 aliphatic carbocycles. The Balaban J connectivity index is 2.21. The maximum absolute atomic E-state index is 5.04. The van der Waals surface area contributed by atoms with Crippen LogP contribution in [0.25, 0.3) is 11.0 Å². The summed E-state index contributed by atoms with van der Waals surface area (Å²) >= 11 is 0. The number of hydrogen-bond donors (Lipinski definition) is 1. The van der Waals surface area contributed by atoms with E-state index in [0.717, 1.165) is 22.6 Å². The molecule has 0 atom stereocenters. The maximum atomic E-state index is 5.04. The van der Waals surface area contributed by atoms with Gasteiger partial charge in [0, 0.05) is 5.41 Å². The zero-order chi connectivity index (χ0) is 10.5. The van der Waals surface area contributed by atoms with E-state index in [9.17, 15) is 0 Å². The predicted octanol–water partition coefficient (Wildman–Crippen LogP) is 2.78. The molecule has 3 rings (SSSR count). The number of fused-ring (bicyclic) bond motifs is 1. The fourth-order valence-corrected chi connectivity index (χ4v) is 1.83. The molecule has 1 heterocycles. The largest absolute Gasteiger partial charge is 0.488 e. The third-order valence-corrected chi connectivity index (χ3v) is 3.20. The summed E-state index contributed by atoms with van der Waals surface area (Å²) in [5.41, 5.74) is 2.17. The van der Waals surface area contributed by atoms with Crippen LogP contribution >= 0.6 is 0 Å². The van der Waals surface area contributed by atoms with Gasteiger partial charge in [0.25, 0.3) is 0 Å². The quantitative estimate of drug-likeness (QED) is 0.811. The first-order valence-corrected chi connectivity index (χ1v) is 5.14. The number of aromatic nitrogens is 2. The van der Waals surface area contributed by atoms with Gasteiger partial charge >= 0.3 is 0 Å². The van der Waals surface area contributed by atoms with Crippen molar-refractivity contribution in [3.05, 3.63) is 31.1 Å². The van der Waals surface area contributed by atoms with Gasteiger partial charge in [0.1, 0.15) is 24.2 Å². The van der Waals surface area contributed by atoms with Crippen molar-refractivity contribution in [2.24, 2.45) is 0 Å². The van der Waals surface area contributed by atoms with Gasteiger partial charge in [-0.3, -0.25) is 0 Å². The van der Waals surface area contributed by atoms with Crippen molar-refractivity contribution in [2.75, 3.05) is 0 Å². The van der Waals surface area contributed by atoms with Gasteiger partial charge in [-0.15, -0.1) is 0 Å². The summed E-state index contributed by atoms with van der Waals surface area (Å²) in [4.78, 5) is 7.95. The average Bonchev–Trinajstić information content (AvgIpc) is 2.84. The number of rotatable bonds is 2. The Kier molecular flexibility index (Phi) is 1.61. The second kappa shape index (κ2) is 2.75. The van der Waals surface area contributed by atoms with Gasteiger partial charge in [-0.1, -0.05) is 13.0 Å². The number of hydrogen-bond acceptors (Lipinski definition) is 2. The minimum absolute atomic E-state index is 0.261. The molecule has 2 aromatic rings. The first-order chi connectivity index (χ1) is 7.23. The van der Waals surface area contributed by atoms with Gasteiger partial charge in [-0.25, -0.2) is 4.98 Å². The minimum Gasteiger partial charge on any atom is -0.488 e. The predicted molar refractivity (Wildman–Crippen MR) is 58.7 cm³/mol. The standard InChI is InChI=1S/C12H13N2O/c1-12(6-7-12)11-13-8-4-3-5-9(15-2)10(8)14-11/h3-5H,2,6-7H2,1H3,(H,13,14). The van der Waals surface area contributed by atoms with E-state index in [-0.39, 0.29) is 5.41 Å². The lowest BCUT2D eigenvalue weighted by Crippen LogP contribution is -2.01. The van der Waals surface area contributed by atoms with Crippen molar-refractivity contribution in [3.8, 4) is 5.75 Å². The van der Waals surface area contributed by atoms with Gasteiger partial charge in [0.05, 0.1) is 5.52 Å². The Morgan fingerprint density at radius 3 is 2.93 bits per heavy atom. The smallest absolute Gasteiger partial charge is 0.147 e. The Morgan fingerprint density at radius 1 is 1.47 bits per heavy atom. The highest BCUT2D eigenvalue weighted by Crippen LogP contribution is 2.46. The Hall–Kier alpha value is -1.51. The van der Waals surface area contributed by atoms with Crippen LogP contribution in [0.4, 0.5) is 0 Å². The van der Waals surface area contributed by atoms with Crippen molar-refractivity contribution in [1.82, 2.24) is 9.97 Å². The molecule has 0 bridgehead atoms. The second-order valence-corrected chi connectivity index (χ2v) is 4.44. The molecule has 3 heteroatoms. The number of para-hydroxylation sites is 1. The molecule has 0 spiro atoms. The lowest BCUT2D eigenvalue weighted by molar-refractivity contribution is 0.477. The molecule has 1 aromatic heterocycles. The minimum atomic E-state index is 0.261. The lowest BCUT2D eigenvalue weighted by atomic mass is 10.1. The topological polar surface area (TPSA) is 37.9 Å². The van der Waals surface area contributed by atoms with Crippen LogP contribution in [-0.4, -0.2) is 9.97 Å². The maximum Gasteiger partial charge on any atom is 0.147 e. The number of ether oxygens (including phenoxy) is 1. The molecule has 1 N–H and O–H groups in total. The number of aromatic amines is 1. The number of nitrogens with one attached hydrogen (secondary N) is 1. The number of H-pyrrole nitrogens is 1. The van der Waals surface area contributed by atoms with Crippen LogP contribution in [0.15, 0.2) is 18.2 Å². The first kappa shape index (κ1) is 8.77. The van der Waals surface area contributed by atoms with Crippen molar-refractivity contribution in [1.29, 1.82) is 0 Å². The summed E-state index contributed by atoms with van der Waals surface area (Å²) in [7, 11) is 3.44. The number of nitrogens with zero attached hydrogens (tertiary/aromatic N) is 1. The van der Waals surface area contributed by atoms with Gasteiger partial charge in [0.15, 0.2) is 0 Å². The molecule has 1 saturated carbocycles. The van der Waals surface area contributed by atoms with E-state index in [0.29, 0.717) is 0 Å². The molecule has 0 amide bonds.